The molecule has 0 aliphatic carbocycles. The summed E-state index contributed by atoms with van der Waals surface area (Å²) in [4.78, 5) is 4.21. The molecule has 7 heteroatoms. The Morgan fingerprint density at radius 1 is 1.29 bits per heavy atom. The SMILES string of the molecule is CN=C(NCC(C)(C)Cc1ccccc1)NC1CCS(=O)(=O)C1.I. The maximum absolute atomic E-state index is 11.5. The molecule has 0 amide bonds. The van der Waals surface area contributed by atoms with Crippen molar-refractivity contribution in [3.8, 4) is 0 Å². The first-order chi connectivity index (χ1) is 10.8. The number of nitrogens with zero attached hydrogens (tertiary/aromatic N) is 1. The van der Waals surface area contributed by atoms with E-state index in [1.54, 1.807) is 7.05 Å². The summed E-state index contributed by atoms with van der Waals surface area (Å²) in [5, 5.41) is 6.55. The second-order valence-corrected chi connectivity index (χ2v) is 9.23. The lowest BCUT2D eigenvalue weighted by atomic mass is 9.86. The summed E-state index contributed by atoms with van der Waals surface area (Å²) in [6.45, 7) is 5.18. The van der Waals surface area contributed by atoms with Crippen molar-refractivity contribution in [2.24, 2.45) is 10.4 Å². The predicted octanol–water partition coefficient (Wildman–Crippen LogP) is 2.23. The topological polar surface area (TPSA) is 70.6 Å². The molecule has 1 atom stereocenters. The van der Waals surface area contributed by atoms with Gasteiger partial charge in [0.1, 0.15) is 0 Å². The van der Waals surface area contributed by atoms with Crippen molar-refractivity contribution in [3.63, 3.8) is 0 Å². The number of sulfone groups is 1. The highest BCUT2D eigenvalue weighted by atomic mass is 127. The van der Waals surface area contributed by atoms with Gasteiger partial charge in [-0.15, -0.1) is 24.0 Å². The third-order valence-corrected chi connectivity index (χ3v) is 5.82. The zero-order valence-electron chi connectivity index (χ0n) is 14.6. The van der Waals surface area contributed by atoms with E-state index < -0.39 is 9.84 Å². The Kier molecular flexibility index (Phi) is 7.98. The monoisotopic (exact) mass is 465 g/mol. The van der Waals surface area contributed by atoms with Crippen LogP contribution in [0.2, 0.25) is 0 Å². The van der Waals surface area contributed by atoms with Gasteiger partial charge in [-0.25, -0.2) is 8.42 Å². The van der Waals surface area contributed by atoms with Crippen molar-refractivity contribution >= 4 is 39.8 Å². The van der Waals surface area contributed by atoms with Crippen molar-refractivity contribution in [2.45, 2.75) is 32.7 Å². The molecule has 0 radical (unpaired) electrons. The van der Waals surface area contributed by atoms with Crippen LogP contribution in [0.5, 0.6) is 0 Å². The summed E-state index contributed by atoms with van der Waals surface area (Å²) in [6, 6.07) is 10.4. The van der Waals surface area contributed by atoms with E-state index in [4.69, 9.17) is 0 Å². The van der Waals surface area contributed by atoms with Crippen LogP contribution in [0.3, 0.4) is 0 Å². The van der Waals surface area contributed by atoms with E-state index >= 15 is 0 Å². The summed E-state index contributed by atoms with van der Waals surface area (Å²) in [5.41, 5.74) is 1.38. The number of guanidine groups is 1. The summed E-state index contributed by atoms with van der Waals surface area (Å²) < 4.78 is 23.1. The average Bonchev–Trinajstić information content (AvgIpc) is 2.83. The summed E-state index contributed by atoms with van der Waals surface area (Å²) in [7, 11) is -1.17. The van der Waals surface area contributed by atoms with Crippen LogP contribution < -0.4 is 10.6 Å². The Hall–Kier alpha value is -0.830. The zero-order chi connectivity index (χ0) is 16.9. The minimum atomic E-state index is -2.88. The molecule has 1 aromatic carbocycles. The first-order valence-electron chi connectivity index (χ1n) is 8.01. The largest absolute Gasteiger partial charge is 0.356 e. The van der Waals surface area contributed by atoms with Crippen LogP contribution in [0.4, 0.5) is 0 Å². The molecule has 1 unspecified atom stereocenters. The molecule has 1 aliphatic rings. The summed E-state index contributed by atoms with van der Waals surface area (Å²) in [6.07, 6.45) is 1.62. The second kappa shape index (κ2) is 9.03. The third-order valence-electron chi connectivity index (χ3n) is 4.06. The molecule has 0 bridgehead atoms. The standard InChI is InChI=1S/C17H27N3O2S.HI/c1-17(2,11-14-7-5-4-6-8-14)13-19-16(18-3)20-15-9-10-23(21,22)12-15;/h4-8,15H,9-13H2,1-3H3,(H2,18,19,20);1H. The van der Waals surface area contributed by atoms with Crippen LogP contribution >= 0.6 is 24.0 Å². The van der Waals surface area contributed by atoms with Gasteiger partial charge in [0, 0.05) is 19.6 Å². The molecular weight excluding hydrogens is 437 g/mol. The fourth-order valence-corrected chi connectivity index (χ4v) is 4.50. The van der Waals surface area contributed by atoms with E-state index in [2.05, 4.69) is 53.7 Å². The molecule has 0 aromatic heterocycles. The van der Waals surface area contributed by atoms with Gasteiger partial charge in [0.05, 0.1) is 11.5 Å². The third kappa shape index (κ3) is 6.96. The lowest BCUT2D eigenvalue weighted by Gasteiger charge is -2.27. The Morgan fingerprint density at radius 3 is 2.50 bits per heavy atom. The van der Waals surface area contributed by atoms with Crippen LogP contribution in [0, 0.1) is 5.41 Å². The number of benzene rings is 1. The fourth-order valence-electron chi connectivity index (χ4n) is 2.83. The highest BCUT2D eigenvalue weighted by molar-refractivity contribution is 14.0. The molecule has 2 rings (SSSR count). The number of rotatable bonds is 5. The molecule has 1 saturated heterocycles. The molecule has 1 fully saturated rings. The van der Waals surface area contributed by atoms with Crippen LogP contribution in [0.1, 0.15) is 25.8 Å². The maximum Gasteiger partial charge on any atom is 0.191 e. The quantitative estimate of drug-likeness (QED) is 0.398. The average molecular weight is 465 g/mol. The minimum Gasteiger partial charge on any atom is -0.356 e. The Morgan fingerprint density at radius 2 is 1.96 bits per heavy atom. The predicted molar refractivity (Wildman–Crippen MR) is 111 cm³/mol. The van der Waals surface area contributed by atoms with Gasteiger partial charge in [-0.05, 0) is 23.8 Å². The van der Waals surface area contributed by atoms with Crippen LogP contribution in [0.25, 0.3) is 0 Å². The molecule has 1 heterocycles. The number of halogens is 1. The van der Waals surface area contributed by atoms with Gasteiger partial charge < -0.3 is 10.6 Å². The molecule has 136 valence electrons. The van der Waals surface area contributed by atoms with E-state index in [9.17, 15) is 8.42 Å². The van der Waals surface area contributed by atoms with Gasteiger partial charge in [-0.2, -0.15) is 0 Å². The fraction of sp³-hybridized carbons (Fsp3) is 0.588. The Balaban J connectivity index is 0.00000288. The zero-order valence-corrected chi connectivity index (χ0v) is 17.7. The molecule has 1 aromatic rings. The molecule has 24 heavy (non-hydrogen) atoms. The highest BCUT2D eigenvalue weighted by Crippen LogP contribution is 2.20. The second-order valence-electron chi connectivity index (χ2n) is 7.00. The Bertz CT molecular complexity index is 645. The molecule has 0 spiro atoms. The number of nitrogens with one attached hydrogen (secondary N) is 2. The maximum atomic E-state index is 11.5. The molecule has 0 saturated carbocycles. The van der Waals surface area contributed by atoms with Gasteiger partial charge in [0.2, 0.25) is 0 Å². The number of aliphatic imine (C=N–C) groups is 1. The first kappa shape index (κ1) is 21.2. The first-order valence-corrected chi connectivity index (χ1v) is 9.83. The number of hydrogen-bond acceptors (Lipinski definition) is 3. The Labute approximate surface area is 162 Å². The van der Waals surface area contributed by atoms with Gasteiger partial charge in [-0.3, -0.25) is 4.99 Å². The smallest absolute Gasteiger partial charge is 0.191 e. The van der Waals surface area contributed by atoms with Crippen molar-refractivity contribution < 1.29 is 8.42 Å². The van der Waals surface area contributed by atoms with Crippen molar-refractivity contribution in [2.75, 3.05) is 25.1 Å². The van der Waals surface area contributed by atoms with E-state index in [1.807, 2.05) is 6.07 Å². The number of hydrogen-bond donors (Lipinski definition) is 2. The van der Waals surface area contributed by atoms with E-state index in [-0.39, 0.29) is 46.9 Å². The van der Waals surface area contributed by atoms with Crippen molar-refractivity contribution in [3.05, 3.63) is 35.9 Å². The highest BCUT2D eigenvalue weighted by Gasteiger charge is 2.28. The molecule has 2 N–H and O–H groups in total. The molecule has 1 aliphatic heterocycles. The van der Waals surface area contributed by atoms with Crippen LogP contribution in [-0.2, 0) is 16.3 Å². The summed E-state index contributed by atoms with van der Waals surface area (Å²) in [5.74, 6) is 1.13. The van der Waals surface area contributed by atoms with Gasteiger partial charge in [0.25, 0.3) is 0 Å². The lowest BCUT2D eigenvalue weighted by molar-refractivity contribution is 0.358. The van der Waals surface area contributed by atoms with Crippen molar-refractivity contribution in [1.29, 1.82) is 0 Å². The van der Waals surface area contributed by atoms with Gasteiger partial charge in [0.15, 0.2) is 15.8 Å². The minimum absolute atomic E-state index is 0. The van der Waals surface area contributed by atoms with Crippen LogP contribution in [0.15, 0.2) is 35.3 Å². The summed E-state index contributed by atoms with van der Waals surface area (Å²) >= 11 is 0. The van der Waals surface area contributed by atoms with E-state index in [0.717, 1.165) is 13.0 Å². The van der Waals surface area contributed by atoms with E-state index in [1.165, 1.54) is 5.56 Å². The van der Waals surface area contributed by atoms with Crippen molar-refractivity contribution in [1.82, 2.24) is 10.6 Å². The van der Waals surface area contributed by atoms with Gasteiger partial charge in [-0.1, -0.05) is 44.2 Å². The molecule has 5 nitrogen and oxygen atoms in total. The lowest BCUT2D eigenvalue weighted by Crippen LogP contribution is -2.47. The normalized spacial score (nSPS) is 20.3. The van der Waals surface area contributed by atoms with Gasteiger partial charge >= 0.3 is 0 Å². The van der Waals surface area contributed by atoms with E-state index in [0.29, 0.717) is 12.4 Å². The molecular formula is C17H28IN3O2S. The van der Waals surface area contributed by atoms with Crippen LogP contribution in [-0.4, -0.2) is 45.5 Å².